The Morgan fingerprint density at radius 3 is 3.06 bits per heavy atom. The van der Waals surface area contributed by atoms with Crippen LogP contribution in [0.3, 0.4) is 0 Å². The van der Waals surface area contributed by atoms with Crippen LogP contribution < -0.4 is 5.32 Å². The number of rotatable bonds is 4. The summed E-state index contributed by atoms with van der Waals surface area (Å²) in [5.74, 6) is 1.62. The van der Waals surface area contributed by atoms with Crippen molar-refractivity contribution in [2.24, 2.45) is 0 Å². The van der Waals surface area contributed by atoms with Crippen LogP contribution in [0, 0.1) is 6.92 Å². The van der Waals surface area contributed by atoms with Crippen molar-refractivity contribution in [3.63, 3.8) is 0 Å². The number of aryl methyl sites for hydroxylation is 1. The Balaban J connectivity index is 2.32. The van der Waals surface area contributed by atoms with Crippen molar-refractivity contribution in [2.45, 2.75) is 6.92 Å². The fourth-order valence-electron chi connectivity index (χ4n) is 1.30. The molecule has 6 heteroatoms. The van der Waals surface area contributed by atoms with E-state index < -0.39 is 0 Å². The first-order valence-corrected chi connectivity index (χ1v) is 4.91. The second-order valence-electron chi connectivity index (χ2n) is 3.20. The van der Waals surface area contributed by atoms with Crippen molar-refractivity contribution in [1.82, 2.24) is 15.1 Å². The molecule has 0 bridgehead atoms. The third-order valence-electron chi connectivity index (χ3n) is 1.97. The number of pyridine rings is 1. The van der Waals surface area contributed by atoms with Gasteiger partial charge in [0.25, 0.3) is 5.89 Å². The highest BCUT2D eigenvalue weighted by Crippen LogP contribution is 2.23. The minimum Gasteiger partial charge on any atom is -0.395 e. The Morgan fingerprint density at radius 1 is 1.50 bits per heavy atom. The maximum absolute atomic E-state index is 8.75. The van der Waals surface area contributed by atoms with Crippen molar-refractivity contribution >= 4 is 5.82 Å². The summed E-state index contributed by atoms with van der Waals surface area (Å²) in [5, 5.41) is 15.5. The molecule has 2 aromatic heterocycles. The number of aliphatic hydroxyl groups excluding tert-OH is 1. The van der Waals surface area contributed by atoms with Crippen molar-refractivity contribution in [3.05, 3.63) is 24.2 Å². The van der Waals surface area contributed by atoms with Crippen LogP contribution in [-0.4, -0.2) is 33.4 Å². The minimum atomic E-state index is 0.0406. The van der Waals surface area contributed by atoms with Crippen LogP contribution in [0.1, 0.15) is 5.82 Å². The van der Waals surface area contributed by atoms with Crippen molar-refractivity contribution < 1.29 is 9.63 Å². The summed E-state index contributed by atoms with van der Waals surface area (Å²) in [6, 6.07) is 3.62. The van der Waals surface area contributed by atoms with Gasteiger partial charge in [0.2, 0.25) is 0 Å². The smallest absolute Gasteiger partial charge is 0.261 e. The number of anilines is 1. The lowest BCUT2D eigenvalue weighted by Gasteiger charge is -2.05. The van der Waals surface area contributed by atoms with E-state index in [9.17, 15) is 0 Å². The lowest BCUT2D eigenvalue weighted by molar-refractivity contribution is 0.311. The van der Waals surface area contributed by atoms with Crippen molar-refractivity contribution in [2.75, 3.05) is 18.5 Å². The third kappa shape index (κ3) is 2.17. The molecule has 84 valence electrons. The molecule has 0 spiro atoms. The van der Waals surface area contributed by atoms with Gasteiger partial charge in [0.1, 0.15) is 5.82 Å². The average Bonchev–Trinajstić information content (AvgIpc) is 2.73. The Labute approximate surface area is 92.3 Å². The molecule has 0 aromatic carbocycles. The molecule has 0 unspecified atom stereocenters. The predicted octanol–water partition coefficient (Wildman–Crippen LogP) is 0.844. The Morgan fingerprint density at radius 2 is 2.38 bits per heavy atom. The van der Waals surface area contributed by atoms with E-state index in [4.69, 9.17) is 9.63 Å². The summed E-state index contributed by atoms with van der Waals surface area (Å²) in [6.45, 7) is 2.22. The van der Waals surface area contributed by atoms with Crippen LogP contribution in [0.2, 0.25) is 0 Å². The second kappa shape index (κ2) is 4.71. The van der Waals surface area contributed by atoms with Crippen LogP contribution >= 0.6 is 0 Å². The monoisotopic (exact) mass is 220 g/mol. The zero-order chi connectivity index (χ0) is 11.4. The topological polar surface area (TPSA) is 84.1 Å². The number of nitrogens with one attached hydrogen (secondary N) is 1. The molecule has 0 aliphatic rings. The van der Waals surface area contributed by atoms with E-state index in [-0.39, 0.29) is 6.61 Å². The average molecular weight is 220 g/mol. The van der Waals surface area contributed by atoms with E-state index >= 15 is 0 Å². The number of hydrogen-bond acceptors (Lipinski definition) is 6. The van der Waals surface area contributed by atoms with Gasteiger partial charge in [0, 0.05) is 12.7 Å². The molecular weight excluding hydrogens is 208 g/mol. The molecule has 0 aliphatic heterocycles. The van der Waals surface area contributed by atoms with Crippen molar-refractivity contribution in [3.8, 4) is 11.5 Å². The zero-order valence-corrected chi connectivity index (χ0v) is 8.84. The van der Waals surface area contributed by atoms with E-state index in [1.165, 1.54) is 0 Å². The van der Waals surface area contributed by atoms with Gasteiger partial charge in [-0.2, -0.15) is 4.98 Å². The standard InChI is InChI=1S/C10H12N4O2/c1-7-13-10(16-14-7)8-3-2-4-11-9(8)12-5-6-15/h2-4,15H,5-6H2,1H3,(H,11,12). The Kier molecular flexibility index (Phi) is 3.11. The SMILES string of the molecule is Cc1noc(-c2cccnc2NCCO)n1. The molecule has 16 heavy (non-hydrogen) atoms. The van der Waals surface area contributed by atoms with Gasteiger partial charge in [-0.25, -0.2) is 4.98 Å². The normalized spacial score (nSPS) is 10.4. The van der Waals surface area contributed by atoms with Gasteiger partial charge in [0.15, 0.2) is 5.82 Å². The van der Waals surface area contributed by atoms with Gasteiger partial charge in [-0.1, -0.05) is 5.16 Å². The van der Waals surface area contributed by atoms with E-state index in [2.05, 4.69) is 20.4 Å². The molecule has 2 N–H and O–H groups in total. The lowest BCUT2D eigenvalue weighted by atomic mass is 10.2. The first kappa shape index (κ1) is 10.6. The lowest BCUT2D eigenvalue weighted by Crippen LogP contribution is -2.07. The van der Waals surface area contributed by atoms with E-state index in [0.717, 1.165) is 5.56 Å². The van der Waals surface area contributed by atoms with Gasteiger partial charge < -0.3 is 14.9 Å². The van der Waals surface area contributed by atoms with E-state index in [1.807, 2.05) is 6.07 Å². The molecule has 2 rings (SSSR count). The van der Waals surface area contributed by atoms with Gasteiger partial charge in [0.05, 0.1) is 12.2 Å². The molecule has 2 aromatic rings. The van der Waals surface area contributed by atoms with Crippen LogP contribution in [0.5, 0.6) is 0 Å². The quantitative estimate of drug-likeness (QED) is 0.794. The molecule has 0 saturated carbocycles. The molecule has 0 atom stereocenters. The highest BCUT2D eigenvalue weighted by molar-refractivity contribution is 5.68. The molecule has 0 aliphatic carbocycles. The first-order valence-electron chi connectivity index (χ1n) is 4.91. The van der Waals surface area contributed by atoms with E-state index in [0.29, 0.717) is 24.1 Å². The fourth-order valence-corrected chi connectivity index (χ4v) is 1.30. The number of aromatic nitrogens is 3. The molecule has 0 amide bonds. The molecule has 6 nitrogen and oxygen atoms in total. The van der Waals surface area contributed by atoms with E-state index in [1.54, 1.807) is 19.2 Å². The summed E-state index contributed by atoms with van der Waals surface area (Å²) in [7, 11) is 0. The third-order valence-corrected chi connectivity index (χ3v) is 1.97. The second-order valence-corrected chi connectivity index (χ2v) is 3.20. The molecule has 2 heterocycles. The highest BCUT2D eigenvalue weighted by Gasteiger charge is 2.11. The number of hydrogen-bond donors (Lipinski definition) is 2. The summed E-state index contributed by atoms with van der Waals surface area (Å²) >= 11 is 0. The fraction of sp³-hybridized carbons (Fsp3) is 0.300. The van der Waals surface area contributed by atoms with Gasteiger partial charge in [-0.15, -0.1) is 0 Å². The summed E-state index contributed by atoms with van der Waals surface area (Å²) in [6.07, 6.45) is 1.66. The van der Waals surface area contributed by atoms with Crippen LogP contribution in [0.4, 0.5) is 5.82 Å². The zero-order valence-electron chi connectivity index (χ0n) is 8.84. The van der Waals surface area contributed by atoms with Gasteiger partial charge in [-0.05, 0) is 19.1 Å². The summed E-state index contributed by atoms with van der Waals surface area (Å²) < 4.78 is 5.07. The van der Waals surface area contributed by atoms with Gasteiger partial charge >= 0.3 is 0 Å². The molecule has 0 fully saturated rings. The highest BCUT2D eigenvalue weighted by atomic mass is 16.5. The Bertz CT molecular complexity index is 469. The van der Waals surface area contributed by atoms with Crippen LogP contribution in [0.25, 0.3) is 11.5 Å². The molecule has 0 saturated heterocycles. The maximum atomic E-state index is 8.75. The predicted molar refractivity (Wildman–Crippen MR) is 57.8 cm³/mol. The summed E-state index contributed by atoms with van der Waals surface area (Å²) in [4.78, 5) is 8.28. The maximum Gasteiger partial charge on any atom is 0.261 e. The Hall–Kier alpha value is -1.95. The first-order chi connectivity index (χ1) is 7.81. The molecule has 0 radical (unpaired) electrons. The van der Waals surface area contributed by atoms with Crippen molar-refractivity contribution in [1.29, 1.82) is 0 Å². The number of nitrogens with zero attached hydrogens (tertiary/aromatic N) is 3. The summed E-state index contributed by atoms with van der Waals surface area (Å²) in [5.41, 5.74) is 0.733. The molecular formula is C10H12N4O2. The van der Waals surface area contributed by atoms with Gasteiger partial charge in [-0.3, -0.25) is 0 Å². The minimum absolute atomic E-state index is 0.0406. The number of aliphatic hydroxyl groups is 1. The largest absolute Gasteiger partial charge is 0.395 e. The van der Waals surface area contributed by atoms with Crippen LogP contribution in [0.15, 0.2) is 22.9 Å². The van der Waals surface area contributed by atoms with Crippen LogP contribution in [-0.2, 0) is 0 Å².